The Morgan fingerprint density at radius 2 is 1.33 bits per heavy atom. The lowest BCUT2D eigenvalue weighted by atomic mass is 9.93. The van der Waals surface area contributed by atoms with Gasteiger partial charge in [0, 0.05) is 22.9 Å². The number of fused-ring (bicyclic) bond motifs is 1. The van der Waals surface area contributed by atoms with Crippen LogP contribution in [0.15, 0.2) is 89.7 Å². The second-order valence-corrected chi connectivity index (χ2v) is 5.88. The Morgan fingerprint density at radius 3 is 2.08 bits per heavy atom. The fourth-order valence-electron chi connectivity index (χ4n) is 3.19. The summed E-state index contributed by atoms with van der Waals surface area (Å²) in [6, 6.07) is 28.3. The first-order valence-electron chi connectivity index (χ1n) is 8.06. The summed E-state index contributed by atoms with van der Waals surface area (Å²) in [5.74, 6) is 0. The molecule has 2 heteroatoms. The highest BCUT2D eigenvalue weighted by atomic mass is 16.1. The van der Waals surface area contributed by atoms with Gasteiger partial charge in [-0.1, -0.05) is 78.9 Å². The first kappa shape index (κ1) is 14.5. The van der Waals surface area contributed by atoms with Crippen LogP contribution in [0, 0.1) is 0 Å². The van der Waals surface area contributed by atoms with E-state index in [0.29, 0.717) is 6.42 Å². The molecule has 116 valence electrons. The summed E-state index contributed by atoms with van der Waals surface area (Å²) < 4.78 is 0. The molecule has 0 fully saturated rings. The summed E-state index contributed by atoms with van der Waals surface area (Å²) in [7, 11) is 0. The maximum Gasteiger partial charge on any atom is 0.252 e. The summed E-state index contributed by atoms with van der Waals surface area (Å²) in [6.07, 6.45) is 0.616. The Kier molecular flexibility index (Phi) is 3.72. The predicted octanol–water partition coefficient (Wildman–Crippen LogP) is 4.79. The zero-order valence-corrected chi connectivity index (χ0v) is 13.2. The van der Waals surface area contributed by atoms with Crippen LogP contribution in [0.1, 0.15) is 11.1 Å². The summed E-state index contributed by atoms with van der Waals surface area (Å²) in [6.45, 7) is 0. The van der Waals surface area contributed by atoms with E-state index in [0.717, 1.165) is 33.2 Å². The number of para-hydroxylation sites is 1. The van der Waals surface area contributed by atoms with Crippen molar-refractivity contribution in [2.45, 2.75) is 6.42 Å². The van der Waals surface area contributed by atoms with E-state index in [-0.39, 0.29) is 5.56 Å². The van der Waals surface area contributed by atoms with E-state index in [2.05, 4.69) is 35.3 Å². The molecule has 0 amide bonds. The highest BCUT2D eigenvalue weighted by Gasteiger charge is 2.14. The monoisotopic (exact) mass is 311 g/mol. The minimum atomic E-state index is -0.0172. The minimum absolute atomic E-state index is 0.0172. The van der Waals surface area contributed by atoms with Crippen molar-refractivity contribution in [1.29, 1.82) is 0 Å². The average molecular weight is 311 g/mol. The molecule has 0 aliphatic carbocycles. The highest BCUT2D eigenvalue weighted by molar-refractivity contribution is 5.96. The molecule has 0 saturated heterocycles. The second kappa shape index (κ2) is 6.17. The van der Waals surface area contributed by atoms with Crippen LogP contribution in [0.3, 0.4) is 0 Å². The van der Waals surface area contributed by atoms with Gasteiger partial charge in [0.05, 0.1) is 0 Å². The number of hydrogen-bond acceptors (Lipinski definition) is 1. The predicted molar refractivity (Wildman–Crippen MR) is 99.3 cm³/mol. The number of aromatic nitrogens is 1. The highest BCUT2D eigenvalue weighted by Crippen LogP contribution is 2.30. The van der Waals surface area contributed by atoms with Gasteiger partial charge in [0.25, 0.3) is 5.56 Å². The van der Waals surface area contributed by atoms with Gasteiger partial charge in [-0.05, 0) is 22.8 Å². The van der Waals surface area contributed by atoms with Crippen LogP contribution < -0.4 is 5.56 Å². The maximum absolute atomic E-state index is 12.8. The lowest BCUT2D eigenvalue weighted by Crippen LogP contribution is -2.15. The number of rotatable bonds is 3. The van der Waals surface area contributed by atoms with Gasteiger partial charge >= 0.3 is 0 Å². The third-order valence-electron chi connectivity index (χ3n) is 4.31. The smallest absolute Gasteiger partial charge is 0.252 e. The molecule has 3 aromatic carbocycles. The van der Waals surface area contributed by atoms with Crippen LogP contribution >= 0.6 is 0 Å². The van der Waals surface area contributed by atoms with Crippen LogP contribution in [0.5, 0.6) is 0 Å². The van der Waals surface area contributed by atoms with Crippen LogP contribution in [-0.4, -0.2) is 4.98 Å². The van der Waals surface area contributed by atoms with Gasteiger partial charge in [0.2, 0.25) is 0 Å². The van der Waals surface area contributed by atoms with Gasteiger partial charge in [-0.25, -0.2) is 0 Å². The maximum atomic E-state index is 12.8. The van der Waals surface area contributed by atoms with Crippen LogP contribution in [0.25, 0.3) is 22.0 Å². The molecule has 1 heterocycles. The Bertz CT molecular complexity index is 1030. The number of aromatic amines is 1. The molecule has 0 radical (unpaired) electrons. The first-order valence-corrected chi connectivity index (χ1v) is 8.06. The van der Waals surface area contributed by atoms with Gasteiger partial charge in [-0.2, -0.15) is 0 Å². The topological polar surface area (TPSA) is 32.9 Å². The van der Waals surface area contributed by atoms with Gasteiger partial charge < -0.3 is 4.98 Å². The van der Waals surface area contributed by atoms with Gasteiger partial charge in [-0.15, -0.1) is 0 Å². The number of benzene rings is 3. The second-order valence-electron chi connectivity index (χ2n) is 5.88. The van der Waals surface area contributed by atoms with Gasteiger partial charge in [0.15, 0.2) is 0 Å². The van der Waals surface area contributed by atoms with E-state index in [1.807, 2.05) is 54.6 Å². The lowest BCUT2D eigenvalue weighted by Gasteiger charge is -2.13. The van der Waals surface area contributed by atoms with Crippen molar-refractivity contribution in [3.05, 3.63) is 106 Å². The quantitative estimate of drug-likeness (QED) is 0.580. The Labute approximate surface area is 140 Å². The number of hydrogen-bond donors (Lipinski definition) is 1. The fraction of sp³-hybridized carbons (Fsp3) is 0.0455. The molecule has 1 N–H and O–H groups in total. The Hall–Kier alpha value is -3.13. The van der Waals surface area contributed by atoms with E-state index < -0.39 is 0 Å². The third kappa shape index (κ3) is 2.63. The van der Waals surface area contributed by atoms with Crippen molar-refractivity contribution in [2.75, 3.05) is 0 Å². The zero-order chi connectivity index (χ0) is 16.4. The van der Waals surface area contributed by atoms with Gasteiger partial charge in [0.1, 0.15) is 0 Å². The molecule has 4 rings (SSSR count). The normalized spacial score (nSPS) is 10.8. The molecule has 0 aliphatic heterocycles. The van der Waals surface area contributed by atoms with Crippen molar-refractivity contribution in [3.63, 3.8) is 0 Å². The lowest BCUT2D eigenvalue weighted by molar-refractivity contribution is 1.12. The van der Waals surface area contributed by atoms with E-state index in [1.54, 1.807) is 0 Å². The van der Waals surface area contributed by atoms with E-state index >= 15 is 0 Å². The summed E-state index contributed by atoms with van der Waals surface area (Å²) in [5.41, 5.74) is 4.90. The van der Waals surface area contributed by atoms with E-state index in [1.165, 1.54) is 0 Å². The van der Waals surface area contributed by atoms with Crippen molar-refractivity contribution < 1.29 is 0 Å². The van der Waals surface area contributed by atoms with E-state index in [4.69, 9.17) is 0 Å². The number of H-pyrrole nitrogens is 1. The average Bonchev–Trinajstić information content (AvgIpc) is 2.64. The largest absolute Gasteiger partial charge is 0.322 e. The summed E-state index contributed by atoms with van der Waals surface area (Å²) >= 11 is 0. The molecule has 1 aromatic heterocycles. The molecule has 0 atom stereocenters. The molecule has 0 aliphatic rings. The van der Waals surface area contributed by atoms with Crippen LogP contribution in [0.2, 0.25) is 0 Å². The molecule has 24 heavy (non-hydrogen) atoms. The van der Waals surface area contributed by atoms with Crippen molar-refractivity contribution in [2.24, 2.45) is 0 Å². The molecule has 0 unspecified atom stereocenters. The number of pyridine rings is 1. The van der Waals surface area contributed by atoms with Crippen LogP contribution in [0.4, 0.5) is 0 Å². The van der Waals surface area contributed by atoms with Crippen molar-refractivity contribution in [1.82, 2.24) is 4.98 Å². The fourth-order valence-corrected chi connectivity index (χ4v) is 3.19. The molecule has 2 nitrogen and oxygen atoms in total. The van der Waals surface area contributed by atoms with Crippen molar-refractivity contribution >= 4 is 10.9 Å². The summed E-state index contributed by atoms with van der Waals surface area (Å²) in [5, 5.41) is 1.08. The Balaban J connectivity index is 2.01. The zero-order valence-electron chi connectivity index (χ0n) is 13.2. The molecule has 0 bridgehead atoms. The minimum Gasteiger partial charge on any atom is -0.322 e. The molecule has 0 saturated carbocycles. The molecular formula is C22H17NO. The number of nitrogens with one attached hydrogen (secondary N) is 1. The molecular weight excluding hydrogens is 294 g/mol. The third-order valence-corrected chi connectivity index (χ3v) is 4.31. The molecule has 4 aromatic rings. The van der Waals surface area contributed by atoms with E-state index in [9.17, 15) is 4.79 Å². The molecule has 0 spiro atoms. The van der Waals surface area contributed by atoms with Crippen molar-refractivity contribution in [3.8, 4) is 11.1 Å². The van der Waals surface area contributed by atoms with Gasteiger partial charge in [-0.3, -0.25) is 4.79 Å². The summed E-state index contributed by atoms with van der Waals surface area (Å²) in [4.78, 5) is 15.8. The standard InChI is InChI=1S/C22H17NO/c24-22-19(15-16-9-3-1-4-10-16)21(17-11-5-2-6-12-17)18-13-7-8-14-20(18)23-22/h1-14H,15H2,(H,23,24). The Morgan fingerprint density at radius 1 is 0.708 bits per heavy atom. The first-order chi connectivity index (χ1) is 11.8. The SMILES string of the molecule is O=c1[nH]c2ccccc2c(-c2ccccc2)c1Cc1ccccc1. The van der Waals surface area contributed by atoms with Crippen LogP contribution in [-0.2, 0) is 6.42 Å².